The van der Waals surface area contributed by atoms with E-state index in [1.165, 1.54) is 12.1 Å². The molecule has 0 amide bonds. The molecular weight excluding hydrogens is 218 g/mol. The molecule has 0 bridgehead atoms. The molecule has 17 heavy (non-hydrogen) atoms. The molecule has 0 aliphatic rings. The van der Waals surface area contributed by atoms with Crippen LogP contribution in [0.4, 0.5) is 5.69 Å². The number of aryl methyl sites for hydroxylation is 1. The van der Waals surface area contributed by atoms with E-state index in [2.05, 4.69) is 0 Å². The van der Waals surface area contributed by atoms with Crippen LogP contribution in [0.5, 0.6) is 0 Å². The number of furan rings is 1. The number of benzene rings is 1. The van der Waals surface area contributed by atoms with Gasteiger partial charge in [0.25, 0.3) is 5.69 Å². The lowest BCUT2D eigenvalue weighted by molar-refractivity contribution is -0.384. The monoisotopic (exact) mass is 233 g/mol. The van der Waals surface area contributed by atoms with E-state index >= 15 is 0 Å². The van der Waals surface area contributed by atoms with Crippen LogP contribution in [0.25, 0.3) is 11.3 Å². The fourth-order valence-electron chi connectivity index (χ4n) is 1.34. The van der Waals surface area contributed by atoms with Crippen molar-refractivity contribution in [2.45, 2.75) is 20.8 Å². The summed E-state index contributed by atoms with van der Waals surface area (Å²) in [6.45, 7) is 5.86. The number of rotatable bonds is 2. The van der Waals surface area contributed by atoms with Crippen LogP contribution in [-0.4, -0.2) is 4.92 Å². The predicted molar refractivity (Wildman–Crippen MR) is 66.9 cm³/mol. The topological polar surface area (TPSA) is 56.3 Å². The Kier molecular flexibility index (Phi) is 4.46. The zero-order chi connectivity index (χ0) is 12.8. The summed E-state index contributed by atoms with van der Waals surface area (Å²) in [6, 6.07) is 9.99. The third-order valence-corrected chi connectivity index (χ3v) is 2.10. The highest BCUT2D eigenvalue weighted by Crippen LogP contribution is 2.23. The molecule has 4 nitrogen and oxygen atoms in total. The van der Waals surface area contributed by atoms with Gasteiger partial charge in [-0.05, 0) is 31.2 Å². The van der Waals surface area contributed by atoms with Crippen LogP contribution >= 0.6 is 0 Å². The van der Waals surface area contributed by atoms with Crippen LogP contribution in [0, 0.1) is 17.0 Å². The number of hydrogen-bond acceptors (Lipinski definition) is 3. The van der Waals surface area contributed by atoms with Gasteiger partial charge < -0.3 is 4.42 Å². The molecule has 0 aliphatic carbocycles. The van der Waals surface area contributed by atoms with Gasteiger partial charge in [-0.25, -0.2) is 0 Å². The van der Waals surface area contributed by atoms with Crippen LogP contribution < -0.4 is 0 Å². The normalized spacial score (nSPS) is 9.35. The minimum absolute atomic E-state index is 0.0852. The van der Waals surface area contributed by atoms with E-state index in [-0.39, 0.29) is 5.69 Å². The van der Waals surface area contributed by atoms with Crippen molar-refractivity contribution in [1.29, 1.82) is 0 Å². The zero-order valence-corrected chi connectivity index (χ0v) is 10.1. The second-order valence-corrected chi connectivity index (χ2v) is 3.21. The first-order chi connectivity index (χ1) is 8.16. The summed E-state index contributed by atoms with van der Waals surface area (Å²) in [7, 11) is 0. The number of nitro groups is 1. The Labute approximate surface area is 100 Å². The van der Waals surface area contributed by atoms with Gasteiger partial charge in [0.15, 0.2) is 0 Å². The van der Waals surface area contributed by atoms with Crippen molar-refractivity contribution in [3.63, 3.8) is 0 Å². The van der Waals surface area contributed by atoms with E-state index in [9.17, 15) is 10.1 Å². The lowest BCUT2D eigenvalue weighted by Crippen LogP contribution is -1.86. The van der Waals surface area contributed by atoms with Crippen molar-refractivity contribution in [2.75, 3.05) is 0 Å². The summed E-state index contributed by atoms with van der Waals surface area (Å²) < 4.78 is 5.40. The number of hydrogen-bond donors (Lipinski definition) is 0. The highest BCUT2D eigenvalue weighted by molar-refractivity contribution is 5.59. The van der Waals surface area contributed by atoms with Crippen molar-refractivity contribution < 1.29 is 9.34 Å². The lowest BCUT2D eigenvalue weighted by Gasteiger charge is -1.96. The Morgan fingerprint density at radius 1 is 1.06 bits per heavy atom. The molecule has 0 aliphatic heterocycles. The van der Waals surface area contributed by atoms with Gasteiger partial charge in [0.2, 0.25) is 0 Å². The third-order valence-electron chi connectivity index (χ3n) is 2.10. The van der Waals surface area contributed by atoms with Gasteiger partial charge in [0.1, 0.15) is 11.5 Å². The molecule has 0 spiro atoms. The second kappa shape index (κ2) is 5.84. The number of non-ortho nitro benzene ring substituents is 1. The minimum Gasteiger partial charge on any atom is -0.461 e. The van der Waals surface area contributed by atoms with E-state index < -0.39 is 4.92 Å². The average Bonchev–Trinajstić information content (AvgIpc) is 2.79. The SMILES string of the molecule is CC.Cc1ccc(-c2ccc([N+](=O)[O-])cc2)o1. The summed E-state index contributed by atoms with van der Waals surface area (Å²) in [4.78, 5) is 10.0. The molecule has 4 heteroatoms. The van der Waals surface area contributed by atoms with Gasteiger partial charge in [-0.15, -0.1) is 0 Å². The Morgan fingerprint density at radius 3 is 2.06 bits per heavy atom. The molecule has 0 fully saturated rings. The van der Waals surface area contributed by atoms with Crippen molar-refractivity contribution in [2.24, 2.45) is 0 Å². The maximum Gasteiger partial charge on any atom is 0.269 e. The van der Waals surface area contributed by atoms with Gasteiger partial charge in [0, 0.05) is 17.7 Å². The van der Waals surface area contributed by atoms with Crippen molar-refractivity contribution >= 4 is 5.69 Å². The summed E-state index contributed by atoms with van der Waals surface area (Å²) in [6.07, 6.45) is 0. The van der Waals surface area contributed by atoms with E-state index in [0.29, 0.717) is 0 Å². The van der Waals surface area contributed by atoms with Crippen LogP contribution in [0.2, 0.25) is 0 Å². The maximum absolute atomic E-state index is 10.4. The molecule has 1 aromatic heterocycles. The Morgan fingerprint density at radius 2 is 1.65 bits per heavy atom. The molecule has 90 valence electrons. The molecular formula is C13H15NO3. The van der Waals surface area contributed by atoms with Crippen LogP contribution in [0.1, 0.15) is 19.6 Å². The molecule has 2 aromatic rings. The van der Waals surface area contributed by atoms with Gasteiger partial charge in [-0.1, -0.05) is 13.8 Å². The largest absolute Gasteiger partial charge is 0.461 e. The van der Waals surface area contributed by atoms with Crippen molar-refractivity contribution in [3.05, 3.63) is 52.3 Å². The smallest absolute Gasteiger partial charge is 0.269 e. The van der Waals surface area contributed by atoms with Gasteiger partial charge in [-0.2, -0.15) is 0 Å². The Bertz CT molecular complexity index is 486. The molecule has 0 atom stereocenters. The molecule has 0 saturated heterocycles. The van der Waals surface area contributed by atoms with Gasteiger partial charge in [0.05, 0.1) is 4.92 Å². The molecule has 0 radical (unpaired) electrons. The third kappa shape index (κ3) is 3.17. The van der Waals surface area contributed by atoms with Crippen LogP contribution in [-0.2, 0) is 0 Å². The molecule has 0 N–H and O–H groups in total. The summed E-state index contributed by atoms with van der Waals surface area (Å²) in [5.74, 6) is 1.55. The number of nitrogens with zero attached hydrogens (tertiary/aromatic N) is 1. The first-order valence-electron chi connectivity index (χ1n) is 5.48. The molecule has 1 aromatic carbocycles. The highest BCUT2D eigenvalue weighted by atomic mass is 16.6. The van der Waals surface area contributed by atoms with E-state index in [0.717, 1.165) is 17.1 Å². The molecule has 0 unspecified atom stereocenters. The summed E-state index contributed by atoms with van der Waals surface area (Å²) >= 11 is 0. The quantitative estimate of drug-likeness (QED) is 0.577. The molecule has 1 heterocycles. The van der Waals surface area contributed by atoms with Crippen LogP contribution in [0.3, 0.4) is 0 Å². The van der Waals surface area contributed by atoms with Crippen molar-refractivity contribution in [1.82, 2.24) is 0 Å². The van der Waals surface area contributed by atoms with Crippen LogP contribution in [0.15, 0.2) is 40.8 Å². The standard InChI is InChI=1S/C11H9NO3.C2H6/c1-8-2-7-11(15-8)9-3-5-10(6-4-9)12(13)14;1-2/h2-7H,1H3;1-2H3. The molecule has 0 saturated carbocycles. The Balaban J connectivity index is 0.000000686. The predicted octanol–water partition coefficient (Wildman–Crippen LogP) is 4.19. The summed E-state index contributed by atoms with van der Waals surface area (Å²) in [5, 5.41) is 10.4. The first kappa shape index (κ1) is 13.0. The fourth-order valence-corrected chi connectivity index (χ4v) is 1.34. The Hall–Kier alpha value is -2.10. The molecule has 2 rings (SSSR count). The van der Waals surface area contributed by atoms with E-state index in [1.54, 1.807) is 12.1 Å². The van der Waals surface area contributed by atoms with Gasteiger partial charge >= 0.3 is 0 Å². The first-order valence-corrected chi connectivity index (χ1v) is 5.48. The van der Waals surface area contributed by atoms with Crippen molar-refractivity contribution in [3.8, 4) is 11.3 Å². The maximum atomic E-state index is 10.4. The average molecular weight is 233 g/mol. The lowest BCUT2D eigenvalue weighted by atomic mass is 10.1. The zero-order valence-electron chi connectivity index (χ0n) is 10.1. The fraction of sp³-hybridized carbons (Fsp3) is 0.231. The number of nitro benzene ring substituents is 1. The van der Waals surface area contributed by atoms with E-state index in [4.69, 9.17) is 4.42 Å². The van der Waals surface area contributed by atoms with E-state index in [1.807, 2.05) is 32.9 Å². The summed E-state index contributed by atoms with van der Waals surface area (Å²) in [5.41, 5.74) is 0.927. The highest BCUT2D eigenvalue weighted by Gasteiger charge is 2.06. The second-order valence-electron chi connectivity index (χ2n) is 3.21. The van der Waals surface area contributed by atoms with Gasteiger partial charge in [-0.3, -0.25) is 10.1 Å². The minimum atomic E-state index is -0.419.